The van der Waals surface area contributed by atoms with Gasteiger partial charge in [0.05, 0.1) is 6.04 Å². The Labute approximate surface area is 82.4 Å². The molecular weight excluding hydrogens is 184 g/mol. The van der Waals surface area contributed by atoms with Crippen LogP contribution in [-0.2, 0) is 0 Å². The van der Waals surface area contributed by atoms with E-state index in [1.54, 1.807) is 12.5 Å². The average Bonchev–Trinajstić information content (AvgIpc) is 2.03. The third kappa shape index (κ3) is 8.25. The van der Waals surface area contributed by atoms with Crippen molar-refractivity contribution in [2.45, 2.75) is 19.9 Å². The first kappa shape index (κ1) is 12.2. The Hall–Kier alpha value is -1.85. The molecule has 0 saturated heterocycles. The number of hydrogen-bond acceptors (Lipinski definition) is 4. The first-order chi connectivity index (χ1) is 6.52. The minimum absolute atomic E-state index is 0.439. The fourth-order valence-electron chi connectivity index (χ4n) is 0.704. The van der Waals surface area contributed by atoms with Crippen LogP contribution in [0.5, 0.6) is 0 Å². The van der Waals surface area contributed by atoms with E-state index in [-0.39, 0.29) is 0 Å². The number of nitrogens with two attached hydrogens (primary N) is 1. The quantitative estimate of drug-likeness (QED) is 0.572. The highest BCUT2D eigenvalue weighted by atomic mass is 16.4. The Bertz CT molecular complexity index is 259. The summed E-state index contributed by atoms with van der Waals surface area (Å²) in [5, 5.41) is 8.67. The van der Waals surface area contributed by atoms with Crippen LogP contribution in [0.4, 0.5) is 4.79 Å². The summed E-state index contributed by atoms with van der Waals surface area (Å²) in [6.45, 7) is 4.17. The number of rotatable bonds is 2. The maximum Gasteiger partial charge on any atom is 0.308 e. The zero-order valence-corrected chi connectivity index (χ0v) is 8.18. The van der Waals surface area contributed by atoms with Crippen LogP contribution >= 0.6 is 0 Å². The number of carbonyl (C=O) groups is 1. The minimum atomic E-state index is -1.58. The van der Waals surface area contributed by atoms with Crippen molar-refractivity contribution in [1.29, 1.82) is 0 Å². The Morgan fingerprint density at radius 3 is 2.57 bits per heavy atom. The molecule has 1 heterocycles. The Kier molecular flexibility index (Phi) is 5.77. The van der Waals surface area contributed by atoms with Crippen LogP contribution in [0, 0.1) is 0 Å². The molecule has 1 rings (SSSR count). The molecule has 0 aliphatic rings. The lowest BCUT2D eigenvalue weighted by Crippen LogP contribution is -2.48. The number of carbonyl (C=O) groups excluding carboxylic acids is 1. The summed E-state index contributed by atoms with van der Waals surface area (Å²) in [6.07, 6.45) is 3.82. The topological polar surface area (TPSA) is 95.0 Å². The fourth-order valence-corrected chi connectivity index (χ4v) is 0.704. The third-order valence-corrected chi connectivity index (χ3v) is 1.02. The second kappa shape index (κ2) is 6.64. The molecule has 0 aliphatic carbocycles. The number of aromatic nitrogens is 2. The Balaban J connectivity index is 0.000000364. The zero-order valence-electron chi connectivity index (χ0n) is 8.18. The molecule has 1 amide bonds. The molecule has 0 radical (unpaired) electrons. The van der Waals surface area contributed by atoms with Gasteiger partial charge < -0.3 is 15.6 Å². The van der Waals surface area contributed by atoms with Crippen molar-refractivity contribution in [2.75, 3.05) is 5.43 Å². The highest BCUT2D eigenvalue weighted by Crippen LogP contribution is 1.74. The number of hydrogen-bond donors (Lipinski definition) is 2. The first-order valence-corrected chi connectivity index (χ1v) is 4.06. The van der Waals surface area contributed by atoms with E-state index in [1.807, 2.05) is 16.9 Å². The van der Waals surface area contributed by atoms with Gasteiger partial charge in [-0.05, 0) is 13.8 Å². The van der Waals surface area contributed by atoms with Gasteiger partial charge in [0.25, 0.3) is 0 Å². The van der Waals surface area contributed by atoms with Crippen LogP contribution in [0.1, 0.15) is 13.8 Å². The molecular formula is C8H14N4O2. The van der Waals surface area contributed by atoms with E-state index in [0.717, 1.165) is 0 Å². The molecule has 1 aromatic heterocycles. The van der Waals surface area contributed by atoms with Gasteiger partial charge in [0.1, 0.15) is 18.5 Å². The van der Waals surface area contributed by atoms with Crippen molar-refractivity contribution in [3.63, 3.8) is 0 Å². The molecule has 0 fully saturated rings. The van der Waals surface area contributed by atoms with Crippen LogP contribution in [0.3, 0.4) is 0 Å². The van der Waals surface area contributed by atoms with Gasteiger partial charge in [0.15, 0.2) is 0 Å². The summed E-state index contributed by atoms with van der Waals surface area (Å²) in [7, 11) is 0. The smallest absolute Gasteiger partial charge is 0.308 e. The molecule has 3 N–H and O–H groups in total. The van der Waals surface area contributed by atoms with Crippen LogP contribution < -0.4 is 20.9 Å². The SMILES string of the molecule is CC(C)N[n+]1cccnc1.NC(=O)[O-]. The van der Waals surface area contributed by atoms with E-state index >= 15 is 0 Å². The molecule has 6 nitrogen and oxygen atoms in total. The van der Waals surface area contributed by atoms with Gasteiger partial charge >= 0.3 is 6.33 Å². The molecule has 0 saturated carbocycles. The highest BCUT2D eigenvalue weighted by Gasteiger charge is 1.95. The fraction of sp³-hybridized carbons (Fsp3) is 0.375. The predicted molar refractivity (Wildman–Crippen MR) is 48.5 cm³/mol. The minimum Gasteiger partial charge on any atom is -0.530 e. The van der Waals surface area contributed by atoms with E-state index in [9.17, 15) is 0 Å². The largest absolute Gasteiger partial charge is 0.530 e. The van der Waals surface area contributed by atoms with Crippen LogP contribution in [0.15, 0.2) is 24.8 Å². The van der Waals surface area contributed by atoms with Gasteiger partial charge in [0, 0.05) is 6.07 Å². The molecule has 78 valence electrons. The van der Waals surface area contributed by atoms with E-state index in [2.05, 4.69) is 30.0 Å². The molecule has 0 aliphatic heterocycles. The van der Waals surface area contributed by atoms with Gasteiger partial charge in [0.2, 0.25) is 0 Å². The maximum atomic E-state index is 8.67. The number of amides is 1. The first-order valence-electron chi connectivity index (χ1n) is 4.06. The van der Waals surface area contributed by atoms with Gasteiger partial charge in [-0.2, -0.15) is 0 Å². The lowest BCUT2D eigenvalue weighted by Gasteiger charge is -2.04. The summed E-state index contributed by atoms with van der Waals surface area (Å²) in [5.41, 5.74) is 7.08. The standard InChI is InChI=1S/C7H12N3.CH3NO2/c1-7(2)9-10-5-3-4-8-6-10;2-1(3)4/h3-7,9H,1-2H3;2H2,(H,3,4)/q+1;/p-1. The zero-order chi connectivity index (χ0) is 11.0. The number of primary amides is 1. The van der Waals surface area contributed by atoms with Gasteiger partial charge in [-0.15, -0.1) is 4.68 Å². The summed E-state index contributed by atoms with van der Waals surface area (Å²) in [4.78, 5) is 12.6. The molecule has 6 heteroatoms. The summed E-state index contributed by atoms with van der Waals surface area (Å²) >= 11 is 0. The van der Waals surface area contributed by atoms with Crippen molar-refractivity contribution in [3.05, 3.63) is 24.8 Å². The van der Waals surface area contributed by atoms with Crippen molar-refractivity contribution < 1.29 is 14.6 Å². The summed E-state index contributed by atoms with van der Waals surface area (Å²) < 4.78 is 1.84. The predicted octanol–water partition coefficient (Wildman–Crippen LogP) is -1.39. The second-order valence-electron chi connectivity index (χ2n) is 2.77. The Morgan fingerprint density at radius 1 is 1.64 bits per heavy atom. The van der Waals surface area contributed by atoms with Gasteiger partial charge in [-0.25, -0.2) is 0 Å². The summed E-state index contributed by atoms with van der Waals surface area (Å²) in [6, 6.07) is 2.32. The Morgan fingerprint density at radius 2 is 2.21 bits per heavy atom. The number of carboxylic acid groups (broad SMARTS) is 1. The van der Waals surface area contributed by atoms with Gasteiger partial charge in [-0.1, -0.05) is 4.98 Å². The molecule has 1 aromatic rings. The third-order valence-electron chi connectivity index (χ3n) is 1.02. The van der Waals surface area contributed by atoms with Crippen LogP contribution in [0.25, 0.3) is 0 Å². The van der Waals surface area contributed by atoms with Crippen molar-refractivity contribution in [2.24, 2.45) is 5.73 Å². The normalized spacial score (nSPS) is 8.79. The monoisotopic (exact) mass is 198 g/mol. The van der Waals surface area contributed by atoms with Crippen LogP contribution in [0.2, 0.25) is 0 Å². The van der Waals surface area contributed by atoms with Crippen molar-refractivity contribution >= 4 is 6.09 Å². The second-order valence-corrected chi connectivity index (χ2v) is 2.77. The number of nitrogens with one attached hydrogen (secondary N) is 1. The lowest BCUT2D eigenvalue weighted by molar-refractivity contribution is -0.656. The molecule has 14 heavy (non-hydrogen) atoms. The average molecular weight is 198 g/mol. The molecule has 0 aromatic carbocycles. The van der Waals surface area contributed by atoms with E-state index in [4.69, 9.17) is 9.90 Å². The van der Waals surface area contributed by atoms with Crippen molar-refractivity contribution in [3.8, 4) is 0 Å². The highest BCUT2D eigenvalue weighted by molar-refractivity contribution is 5.58. The maximum absolute atomic E-state index is 8.67. The number of nitrogens with zero attached hydrogens (tertiary/aromatic N) is 2. The summed E-state index contributed by atoms with van der Waals surface area (Å²) in [5.74, 6) is 0. The van der Waals surface area contributed by atoms with E-state index in [0.29, 0.717) is 6.04 Å². The molecule has 0 unspecified atom stereocenters. The van der Waals surface area contributed by atoms with Gasteiger partial charge in [-0.3, -0.25) is 5.43 Å². The molecule has 0 bridgehead atoms. The van der Waals surface area contributed by atoms with Crippen molar-refractivity contribution in [1.82, 2.24) is 4.98 Å². The van der Waals surface area contributed by atoms with E-state index in [1.165, 1.54) is 0 Å². The van der Waals surface area contributed by atoms with Crippen LogP contribution in [-0.4, -0.2) is 17.1 Å². The molecule has 0 spiro atoms. The lowest BCUT2D eigenvalue weighted by atomic mass is 10.4. The van der Waals surface area contributed by atoms with E-state index < -0.39 is 6.09 Å². The molecule has 0 atom stereocenters.